The molecule has 3 heteroatoms. The molecule has 2 aromatic rings. The van der Waals surface area contributed by atoms with Gasteiger partial charge in [0.2, 0.25) is 0 Å². The number of rotatable bonds is 2. The summed E-state index contributed by atoms with van der Waals surface area (Å²) in [5.74, 6) is 0.267. The lowest BCUT2D eigenvalue weighted by Gasteiger charge is -2.16. The predicted octanol–water partition coefficient (Wildman–Crippen LogP) is 2.20. The summed E-state index contributed by atoms with van der Waals surface area (Å²) >= 11 is 0. The highest BCUT2D eigenvalue weighted by atomic mass is 16.3. The molecule has 1 aromatic heterocycles. The Hall–Kier alpha value is -1.48. The van der Waals surface area contributed by atoms with Crippen LogP contribution in [0, 0.1) is 0 Å². The minimum atomic E-state index is -0.716. The molecular weight excluding hydrogens is 202 g/mol. The van der Waals surface area contributed by atoms with Crippen LogP contribution in [0.2, 0.25) is 0 Å². The Labute approximate surface area is 94.9 Å². The fraction of sp³-hybridized carbons (Fsp3) is 0.385. The average Bonchev–Trinajstić information content (AvgIpc) is 2.40. The second-order valence-electron chi connectivity index (χ2n) is 4.96. The molecule has 2 rings (SSSR count). The maximum atomic E-state index is 9.84. The van der Waals surface area contributed by atoms with E-state index in [0.29, 0.717) is 6.42 Å². The SMILES string of the molecule is Cn1cc(CC(C)(C)O)c2ccc(O)cc21. The number of hydrogen-bond donors (Lipinski definition) is 2. The van der Waals surface area contributed by atoms with Crippen LogP contribution in [0.3, 0.4) is 0 Å². The van der Waals surface area contributed by atoms with Crippen molar-refractivity contribution in [3.8, 4) is 5.75 Å². The summed E-state index contributed by atoms with van der Waals surface area (Å²) in [6.45, 7) is 3.60. The zero-order chi connectivity index (χ0) is 11.9. The van der Waals surface area contributed by atoms with E-state index in [9.17, 15) is 10.2 Å². The molecule has 3 nitrogen and oxygen atoms in total. The van der Waals surface area contributed by atoms with Crippen LogP contribution in [0.25, 0.3) is 10.9 Å². The molecule has 0 atom stereocenters. The number of aromatic nitrogens is 1. The van der Waals surface area contributed by atoms with Gasteiger partial charge in [-0.05, 0) is 31.5 Å². The number of aryl methyl sites for hydroxylation is 1. The molecule has 2 N–H and O–H groups in total. The fourth-order valence-corrected chi connectivity index (χ4v) is 2.06. The van der Waals surface area contributed by atoms with Crippen LogP contribution in [-0.4, -0.2) is 20.4 Å². The van der Waals surface area contributed by atoms with Crippen molar-refractivity contribution in [3.63, 3.8) is 0 Å². The first-order valence-corrected chi connectivity index (χ1v) is 5.36. The monoisotopic (exact) mass is 219 g/mol. The van der Waals surface area contributed by atoms with Crippen LogP contribution in [0.5, 0.6) is 5.75 Å². The molecule has 1 aromatic carbocycles. The molecule has 0 spiro atoms. The Morgan fingerprint density at radius 2 is 2.00 bits per heavy atom. The smallest absolute Gasteiger partial charge is 0.117 e. The zero-order valence-electron chi connectivity index (χ0n) is 9.86. The molecule has 0 aliphatic carbocycles. The minimum absolute atomic E-state index is 0.267. The van der Waals surface area contributed by atoms with E-state index in [1.807, 2.05) is 23.9 Å². The van der Waals surface area contributed by atoms with Crippen LogP contribution in [-0.2, 0) is 13.5 Å². The summed E-state index contributed by atoms with van der Waals surface area (Å²) in [7, 11) is 1.94. The molecule has 16 heavy (non-hydrogen) atoms. The average molecular weight is 219 g/mol. The Kier molecular flexibility index (Phi) is 2.43. The Morgan fingerprint density at radius 1 is 1.31 bits per heavy atom. The quantitative estimate of drug-likeness (QED) is 0.813. The molecule has 0 aliphatic heterocycles. The topological polar surface area (TPSA) is 45.4 Å². The van der Waals surface area contributed by atoms with E-state index >= 15 is 0 Å². The van der Waals surface area contributed by atoms with Crippen LogP contribution in [0.1, 0.15) is 19.4 Å². The third-order valence-electron chi connectivity index (χ3n) is 2.68. The van der Waals surface area contributed by atoms with Gasteiger partial charge in [-0.1, -0.05) is 0 Å². The highest BCUT2D eigenvalue weighted by Crippen LogP contribution is 2.27. The van der Waals surface area contributed by atoms with Crippen LogP contribution >= 0.6 is 0 Å². The summed E-state index contributed by atoms with van der Waals surface area (Å²) in [6, 6.07) is 5.31. The molecule has 0 saturated carbocycles. The van der Waals surface area contributed by atoms with Gasteiger partial charge in [0.05, 0.1) is 11.1 Å². The number of phenols is 1. The molecule has 0 bridgehead atoms. The van der Waals surface area contributed by atoms with Crippen molar-refractivity contribution in [2.24, 2.45) is 7.05 Å². The van der Waals surface area contributed by atoms with E-state index in [2.05, 4.69) is 0 Å². The second kappa shape index (κ2) is 3.52. The number of aromatic hydroxyl groups is 1. The number of fused-ring (bicyclic) bond motifs is 1. The standard InChI is InChI=1S/C13H17NO2/c1-13(2,16)7-9-8-14(3)12-6-10(15)4-5-11(9)12/h4-6,8,15-16H,7H2,1-3H3. The molecule has 0 fully saturated rings. The lowest BCUT2D eigenvalue weighted by Crippen LogP contribution is -2.21. The molecular formula is C13H17NO2. The Morgan fingerprint density at radius 3 is 2.62 bits per heavy atom. The highest BCUT2D eigenvalue weighted by Gasteiger charge is 2.17. The van der Waals surface area contributed by atoms with E-state index in [1.165, 1.54) is 0 Å². The largest absolute Gasteiger partial charge is 0.508 e. The number of benzene rings is 1. The van der Waals surface area contributed by atoms with Crippen LogP contribution in [0.15, 0.2) is 24.4 Å². The van der Waals surface area contributed by atoms with Crippen molar-refractivity contribution >= 4 is 10.9 Å². The first kappa shape index (κ1) is 11.0. The van der Waals surface area contributed by atoms with E-state index in [1.54, 1.807) is 26.0 Å². The fourth-order valence-electron chi connectivity index (χ4n) is 2.06. The zero-order valence-corrected chi connectivity index (χ0v) is 9.86. The van der Waals surface area contributed by atoms with Crippen LogP contribution in [0.4, 0.5) is 0 Å². The third-order valence-corrected chi connectivity index (χ3v) is 2.68. The van der Waals surface area contributed by atoms with E-state index < -0.39 is 5.60 Å². The molecule has 0 unspecified atom stereocenters. The molecule has 86 valence electrons. The minimum Gasteiger partial charge on any atom is -0.508 e. The van der Waals surface area contributed by atoms with Crippen LogP contribution < -0.4 is 0 Å². The molecule has 0 aliphatic rings. The van der Waals surface area contributed by atoms with Gasteiger partial charge in [-0.25, -0.2) is 0 Å². The molecule has 0 radical (unpaired) electrons. The molecule has 0 saturated heterocycles. The second-order valence-corrected chi connectivity index (χ2v) is 4.96. The maximum absolute atomic E-state index is 9.84. The van der Waals surface area contributed by atoms with Gasteiger partial charge in [0.25, 0.3) is 0 Å². The Bertz CT molecular complexity index is 520. The third kappa shape index (κ3) is 2.04. The van der Waals surface area contributed by atoms with E-state index in [4.69, 9.17) is 0 Å². The van der Waals surface area contributed by atoms with E-state index in [-0.39, 0.29) is 5.75 Å². The van der Waals surface area contributed by atoms with Gasteiger partial charge in [0, 0.05) is 31.1 Å². The predicted molar refractivity (Wildman–Crippen MR) is 64.6 cm³/mol. The summed E-state index contributed by atoms with van der Waals surface area (Å²) in [5, 5.41) is 20.4. The van der Waals surface area contributed by atoms with Crippen molar-refractivity contribution < 1.29 is 10.2 Å². The van der Waals surface area contributed by atoms with Gasteiger partial charge in [-0.2, -0.15) is 0 Å². The summed E-state index contributed by atoms with van der Waals surface area (Å²) in [6.07, 6.45) is 2.61. The summed E-state index contributed by atoms with van der Waals surface area (Å²) < 4.78 is 1.97. The van der Waals surface area contributed by atoms with Crippen molar-refractivity contribution in [2.45, 2.75) is 25.9 Å². The highest BCUT2D eigenvalue weighted by molar-refractivity contribution is 5.85. The van der Waals surface area contributed by atoms with Gasteiger partial charge in [-0.3, -0.25) is 0 Å². The van der Waals surface area contributed by atoms with E-state index in [0.717, 1.165) is 16.5 Å². The number of phenolic OH excluding ortho intramolecular Hbond substituents is 1. The lowest BCUT2D eigenvalue weighted by atomic mass is 9.98. The van der Waals surface area contributed by atoms with Crippen molar-refractivity contribution in [3.05, 3.63) is 30.0 Å². The van der Waals surface area contributed by atoms with Crippen molar-refractivity contribution in [2.75, 3.05) is 0 Å². The van der Waals surface area contributed by atoms with Gasteiger partial charge in [0.15, 0.2) is 0 Å². The number of nitrogens with zero attached hydrogens (tertiary/aromatic N) is 1. The van der Waals surface area contributed by atoms with Gasteiger partial charge in [0.1, 0.15) is 5.75 Å². The normalized spacial score (nSPS) is 12.2. The maximum Gasteiger partial charge on any atom is 0.117 e. The Balaban J connectivity index is 2.55. The van der Waals surface area contributed by atoms with Gasteiger partial charge >= 0.3 is 0 Å². The lowest BCUT2D eigenvalue weighted by molar-refractivity contribution is 0.0813. The van der Waals surface area contributed by atoms with Crippen molar-refractivity contribution in [1.82, 2.24) is 4.57 Å². The summed E-state index contributed by atoms with van der Waals surface area (Å²) in [4.78, 5) is 0. The number of aliphatic hydroxyl groups is 1. The summed E-state index contributed by atoms with van der Waals surface area (Å²) in [5.41, 5.74) is 1.37. The molecule has 0 amide bonds. The first-order chi connectivity index (χ1) is 7.37. The molecule has 1 heterocycles. The van der Waals surface area contributed by atoms with Gasteiger partial charge in [-0.15, -0.1) is 0 Å². The van der Waals surface area contributed by atoms with Gasteiger partial charge < -0.3 is 14.8 Å². The first-order valence-electron chi connectivity index (χ1n) is 5.36. The number of hydrogen-bond acceptors (Lipinski definition) is 2. The van der Waals surface area contributed by atoms with Crippen molar-refractivity contribution in [1.29, 1.82) is 0 Å².